The van der Waals surface area contributed by atoms with Crippen LogP contribution in [0, 0.1) is 0 Å². The number of hydrogen-bond acceptors (Lipinski definition) is 4. The summed E-state index contributed by atoms with van der Waals surface area (Å²) in [6, 6.07) is 7.19. The minimum atomic E-state index is 0.282. The number of phenolic OH excluding ortho intramolecular Hbond substituents is 1. The maximum Gasteiger partial charge on any atom is 0.139 e. The summed E-state index contributed by atoms with van der Waals surface area (Å²) in [7, 11) is 0. The lowest BCUT2D eigenvalue weighted by Crippen LogP contribution is -2.37. The molecular weight excluding hydrogens is 266 g/mol. The van der Waals surface area contributed by atoms with Crippen LogP contribution in [0.2, 0.25) is 0 Å². The van der Waals surface area contributed by atoms with E-state index in [1.165, 1.54) is 0 Å². The first kappa shape index (κ1) is 14.1. The number of ether oxygens (including phenoxy) is 1. The van der Waals surface area contributed by atoms with Crippen molar-refractivity contribution in [1.82, 2.24) is 14.5 Å². The number of hydrogen-bond donors (Lipinski definition) is 1. The van der Waals surface area contributed by atoms with Crippen molar-refractivity contribution < 1.29 is 9.84 Å². The largest absolute Gasteiger partial charge is 0.508 e. The molecule has 1 aromatic heterocycles. The fourth-order valence-corrected chi connectivity index (χ4v) is 2.65. The number of nitrogens with zero attached hydrogens (tertiary/aromatic N) is 3. The highest BCUT2D eigenvalue weighted by Crippen LogP contribution is 2.20. The third-order valence-electron chi connectivity index (χ3n) is 3.82. The molecule has 1 N–H and O–H groups in total. The molecule has 0 bridgehead atoms. The first-order chi connectivity index (χ1) is 10.3. The summed E-state index contributed by atoms with van der Waals surface area (Å²) in [6.07, 6.45) is 4.94. The second-order valence-electron chi connectivity index (χ2n) is 5.30. The molecule has 0 aliphatic carbocycles. The normalized spacial score (nSPS) is 16.2. The van der Waals surface area contributed by atoms with Crippen molar-refractivity contribution in [1.29, 1.82) is 0 Å². The van der Waals surface area contributed by atoms with Crippen LogP contribution in [0.25, 0.3) is 11.4 Å². The Balaban J connectivity index is 1.59. The number of aromatic nitrogens is 2. The Labute approximate surface area is 124 Å². The van der Waals surface area contributed by atoms with Gasteiger partial charge >= 0.3 is 0 Å². The zero-order chi connectivity index (χ0) is 14.5. The molecule has 21 heavy (non-hydrogen) atoms. The minimum Gasteiger partial charge on any atom is -0.508 e. The van der Waals surface area contributed by atoms with Gasteiger partial charge in [-0.3, -0.25) is 4.90 Å². The van der Waals surface area contributed by atoms with Gasteiger partial charge in [-0.2, -0.15) is 0 Å². The Bertz CT molecular complexity index is 559. The lowest BCUT2D eigenvalue weighted by atomic mass is 10.2. The Hall–Kier alpha value is -1.85. The van der Waals surface area contributed by atoms with Gasteiger partial charge in [-0.25, -0.2) is 4.98 Å². The van der Waals surface area contributed by atoms with E-state index in [1.54, 1.807) is 12.1 Å². The van der Waals surface area contributed by atoms with Crippen LogP contribution in [0.5, 0.6) is 5.75 Å². The zero-order valence-corrected chi connectivity index (χ0v) is 12.1. The van der Waals surface area contributed by atoms with Crippen molar-refractivity contribution in [3.8, 4) is 17.1 Å². The van der Waals surface area contributed by atoms with Gasteiger partial charge < -0.3 is 14.4 Å². The van der Waals surface area contributed by atoms with E-state index in [-0.39, 0.29) is 5.75 Å². The van der Waals surface area contributed by atoms with Gasteiger partial charge in [0.05, 0.1) is 13.2 Å². The van der Waals surface area contributed by atoms with E-state index in [0.717, 1.165) is 57.2 Å². The standard InChI is InChI=1S/C16H21N3O2/c20-15-4-2-14(3-5-15)16-17-6-9-19(16)8-1-7-18-10-12-21-13-11-18/h2-6,9,20H,1,7-8,10-13H2. The van der Waals surface area contributed by atoms with Crippen molar-refractivity contribution in [2.75, 3.05) is 32.8 Å². The zero-order valence-electron chi connectivity index (χ0n) is 12.1. The summed E-state index contributed by atoms with van der Waals surface area (Å²) in [5.74, 6) is 1.24. The van der Waals surface area contributed by atoms with Gasteiger partial charge in [-0.15, -0.1) is 0 Å². The van der Waals surface area contributed by atoms with Gasteiger partial charge in [0, 0.05) is 44.1 Å². The minimum absolute atomic E-state index is 0.282. The van der Waals surface area contributed by atoms with Gasteiger partial charge in [0.2, 0.25) is 0 Å². The van der Waals surface area contributed by atoms with Crippen LogP contribution in [-0.2, 0) is 11.3 Å². The van der Waals surface area contributed by atoms with Crippen molar-refractivity contribution >= 4 is 0 Å². The third-order valence-corrected chi connectivity index (χ3v) is 3.82. The molecule has 3 rings (SSSR count). The lowest BCUT2D eigenvalue weighted by molar-refractivity contribution is 0.0369. The molecule has 0 spiro atoms. The molecule has 0 saturated carbocycles. The third kappa shape index (κ3) is 3.62. The molecule has 1 aliphatic heterocycles. The number of phenols is 1. The van der Waals surface area contributed by atoms with Gasteiger partial charge in [-0.1, -0.05) is 0 Å². The van der Waals surface area contributed by atoms with E-state index >= 15 is 0 Å². The highest BCUT2D eigenvalue weighted by molar-refractivity contribution is 5.56. The molecule has 0 atom stereocenters. The van der Waals surface area contributed by atoms with E-state index in [4.69, 9.17) is 4.74 Å². The Morgan fingerprint density at radius 2 is 1.86 bits per heavy atom. The van der Waals surface area contributed by atoms with Gasteiger partial charge in [0.25, 0.3) is 0 Å². The van der Waals surface area contributed by atoms with E-state index in [0.29, 0.717) is 0 Å². The molecule has 5 heteroatoms. The van der Waals surface area contributed by atoms with Crippen LogP contribution in [-0.4, -0.2) is 52.4 Å². The second-order valence-corrected chi connectivity index (χ2v) is 5.30. The van der Waals surface area contributed by atoms with Gasteiger partial charge in [-0.05, 0) is 30.7 Å². The smallest absolute Gasteiger partial charge is 0.139 e. The van der Waals surface area contributed by atoms with Crippen LogP contribution < -0.4 is 0 Å². The van der Waals surface area contributed by atoms with Crippen LogP contribution in [0.4, 0.5) is 0 Å². The van der Waals surface area contributed by atoms with Crippen molar-refractivity contribution in [2.24, 2.45) is 0 Å². The summed E-state index contributed by atoms with van der Waals surface area (Å²) < 4.78 is 7.53. The number of rotatable bonds is 5. The average molecular weight is 287 g/mol. The van der Waals surface area contributed by atoms with E-state index in [2.05, 4.69) is 14.5 Å². The first-order valence-electron chi connectivity index (χ1n) is 7.43. The highest BCUT2D eigenvalue weighted by Gasteiger charge is 2.10. The topological polar surface area (TPSA) is 50.5 Å². The summed E-state index contributed by atoms with van der Waals surface area (Å²) in [6.45, 7) is 5.82. The van der Waals surface area contributed by atoms with Crippen molar-refractivity contribution in [3.05, 3.63) is 36.7 Å². The number of morpholine rings is 1. The van der Waals surface area contributed by atoms with Crippen LogP contribution in [0.15, 0.2) is 36.7 Å². The monoisotopic (exact) mass is 287 g/mol. The fourth-order valence-electron chi connectivity index (χ4n) is 2.65. The van der Waals surface area contributed by atoms with Crippen LogP contribution >= 0.6 is 0 Å². The fraction of sp³-hybridized carbons (Fsp3) is 0.438. The Morgan fingerprint density at radius 3 is 2.62 bits per heavy atom. The maximum atomic E-state index is 9.37. The van der Waals surface area contributed by atoms with E-state index < -0.39 is 0 Å². The molecule has 1 aliphatic rings. The van der Waals surface area contributed by atoms with Crippen LogP contribution in [0.1, 0.15) is 6.42 Å². The summed E-state index contributed by atoms with van der Waals surface area (Å²) in [5, 5.41) is 9.37. The molecule has 1 aromatic carbocycles. The number of benzene rings is 1. The lowest BCUT2D eigenvalue weighted by Gasteiger charge is -2.26. The molecule has 5 nitrogen and oxygen atoms in total. The highest BCUT2D eigenvalue weighted by atomic mass is 16.5. The van der Waals surface area contributed by atoms with Crippen LogP contribution in [0.3, 0.4) is 0 Å². The first-order valence-corrected chi connectivity index (χ1v) is 7.43. The molecule has 2 aromatic rings. The number of imidazole rings is 1. The maximum absolute atomic E-state index is 9.37. The summed E-state index contributed by atoms with van der Waals surface area (Å²) in [4.78, 5) is 6.87. The summed E-state index contributed by atoms with van der Waals surface area (Å²) in [5.41, 5.74) is 1.03. The van der Waals surface area contributed by atoms with E-state index in [1.807, 2.05) is 24.5 Å². The predicted molar refractivity (Wildman–Crippen MR) is 81.2 cm³/mol. The quantitative estimate of drug-likeness (QED) is 0.913. The average Bonchev–Trinajstić information content (AvgIpc) is 2.98. The number of aryl methyl sites for hydroxylation is 1. The number of aromatic hydroxyl groups is 1. The van der Waals surface area contributed by atoms with E-state index in [9.17, 15) is 5.11 Å². The molecule has 0 unspecified atom stereocenters. The predicted octanol–water partition coefficient (Wildman–Crippen LogP) is 1.98. The molecule has 1 saturated heterocycles. The Morgan fingerprint density at radius 1 is 1.10 bits per heavy atom. The Kier molecular flexibility index (Phi) is 4.52. The van der Waals surface area contributed by atoms with Gasteiger partial charge in [0.15, 0.2) is 0 Å². The molecule has 2 heterocycles. The van der Waals surface area contributed by atoms with Gasteiger partial charge in [0.1, 0.15) is 11.6 Å². The molecule has 1 fully saturated rings. The SMILES string of the molecule is Oc1ccc(-c2nccn2CCCN2CCOCC2)cc1. The van der Waals surface area contributed by atoms with Crippen molar-refractivity contribution in [2.45, 2.75) is 13.0 Å². The summed E-state index contributed by atoms with van der Waals surface area (Å²) >= 11 is 0. The molecule has 112 valence electrons. The molecule has 0 radical (unpaired) electrons. The second kappa shape index (κ2) is 6.74. The molecule has 0 amide bonds. The molecular formula is C16H21N3O2. The van der Waals surface area contributed by atoms with Crippen molar-refractivity contribution in [3.63, 3.8) is 0 Å².